The SMILES string of the molecule is [C].[Co].[N].[Pt]. The van der Waals surface area contributed by atoms with Crippen molar-refractivity contribution in [3.05, 3.63) is 7.43 Å². The molecular weight excluding hydrogens is 280 g/mol. The minimum Gasteiger partial charge on any atom is 0 e. The van der Waals surface area contributed by atoms with Gasteiger partial charge in [-0.05, 0) is 0 Å². The van der Waals surface area contributed by atoms with E-state index in [1.807, 2.05) is 0 Å². The van der Waals surface area contributed by atoms with Gasteiger partial charge < -0.3 is 0 Å². The summed E-state index contributed by atoms with van der Waals surface area (Å²) in [4.78, 5) is 0. The molecule has 0 unspecified atom stereocenters. The molecule has 0 rings (SSSR count). The Hall–Kier alpha value is 1.15. The van der Waals surface area contributed by atoms with Crippen LogP contribution in [0.4, 0.5) is 0 Å². The van der Waals surface area contributed by atoms with Crippen LogP contribution in [-0.2, 0) is 37.8 Å². The summed E-state index contributed by atoms with van der Waals surface area (Å²) in [7, 11) is 0. The van der Waals surface area contributed by atoms with Crippen molar-refractivity contribution in [2.45, 2.75) is 0 Å². The van der Waals surface area contributed by atoms with Gasteiger partial charge in [0, 0.05) is 51.4 Å². The summed E-state index contributed by atoms with van der Waals surface area (Å²) >= 11 is 0. The summed E-state index contributed by atoms with van der Waals surface area (Å²) in [6.07, 6.45) is 0. The molecule has 0 aromatic heterocycles. The molecule has 28 valence electrons. The van der Waals surface area contributed by atoms with Gasteiger partial charge >= 0.3 is 0 Å². The van der Waals surface area contributed by atoms with Crippen molar-refractivity contribution in [1.82, 2.24) is 6.15 Å². The van der Waals surface area contributed by atoms with E-state index in [4.69, 9.17) is 0 Å². The van der Waals surface area contributed by atoms with E-state index in [1.54, 1.807) is 0 Å². The molecular formula is CCoNPt. The largest absolute Gasteiger partial charge is 0 e. The van der Waals surface area contributed by atoms with E-state index < -0.39 is 0 Å². The van der Waals surface area contributed by atoms with Gasteiger partial charge in [0.2, 0.25) is 0 Å². The van der Waals surface area contributed by atoms with Gasteiger partial charge in [0.25, 0.3) is 0 Å². The van der Waals surface area contributed by atoms with Crippen molar-refractivity contribution in [1.29, 1.82) is 0 Å². The summed E-state index contributed by atoms with van der Waals surface area (Å²) in [6.45, 7) is 0. The molecule has 0 spiro atoms. The Morgan fingerprint density at radius 3 is 1.00 bits per heavy atom. The zero-order valence-corrected chi connectivity index (χ0v) is 4.91. The summed E-state index contributed by atoms with van der Waals surface area (Å²) in [5, 5.41) is 0. The molecule has 0 aliphatic carbocycles. The van der Waals surface area contributed by atoms with E-state index in [9.17, 15) is 0 Å². The Labute approximate surface area is 51.6 Å². The fraction of sp³-hybridized carbons (Fsp3) is 0. The molecule has 0 saturated carbocycles. The molecule has 0 bridgehead atoms. The van der Waals surface area contributed by atoms with Crippen molar-refractivity contribution in [3.63, 3.8) is 0 Å². The van der Waals surface area contributed by atoms with Crippen LogP contribution in [0.2, 0.25) is 0 Å². The molecule has 0 aromatic rings. The standard InChI is InChI=1S/C.Co.N.Pt. The van der Waals surface area contributed by atoms with Crippen molar-refractivity contribution in [2.75, 3.05) is 0 Å². The molecule has 0 fully saturated rings. The van der Waals surface area contributed by atoms with Crippen molar-refractivity contribution < 1.29 is 37.8 Å². The molecule has 3 heteroatoms. The average Bonchev–Trinajstić information content (AvgIpc) is 0. The van der Waals surface area contributed by atoms with E-state index in [-0.39, 0.29) is 51.4 Å². The third-order valence-electron chi connectivity index (χ3n) is 0. The van der Waals surface area contributed by atoms with Crippen molar-refractivity contribution in [3.8, 4) is 0 Å². The molecule has 8 radical (unpaired) electrons. The second-order valence-electron chi connectivity index (χ2n) is 0. The van der Waals surface area contributed by atoms with Crippen molar-refractivity contribution in [2.24, 2.45) is 0 Å². The van der Waals surface area contributed by atoms with Gasteiger partial charge in [0.1, 0.15) is 0 Å². The molecule has 0 heterocycles. The first-order chi connectivity index (χ1) is 0. The van der Waals surface area contributed by atoms with E-state index in [0.717, 1.165) is 0 Å². The van der Waals surface area contributed by atoms with E-state index in [1.165, 1.54) is 0 Å². The van der Waals surface area contributed by atoms with Gasteiger partial charge in [0.05, 0.1) is 0 Å². The monoisotopic (exact) mass is 280 g/mol. The fourth-order valence-corrected chi connectivity index (χ4v) is 0. The summed E-state index contributed by atoms with van der Waals surface area (Å²) in [5.74, 6) is 0. The maximum Gasteiger partial charge on any atom is 0 e. The van der Waals surface area contributed by atoms with Gasteiger partial charge in [-0.15, -0.1) is 0 Å². The van der Waals surface area contributed by atoms with Gasteiger partial charge in [-0.1, -0.05) is 0 Å². The first kappa shape index (κ1) is 66.7. The Balaban J connectivity index is 0. The molecule has 0 aliphatic rings. The first-order valence-electron chi connectivity index (χ1n) is 0. The first-order valence-corrected chi connectivity index (χ1v) is 0. The third kappa shape index (κ3) is 11.0. The Morgan fingerprint density at radius 1 is 1.00 bits per heavy atom. The minimum atomic E-state index is 0. The zero-order chi connectivity index (χ0) is 0. The van der Waals surface area contributed by atoms with Gasteiger partial charge in [-0.25, -0.2) is 0 Å². The van der Waals surface area contributed by atoms with Crippen LogP contribution in [0.25, 0.3) is 0 Å². The van der Waals surface area contributed by atoms with E-state index >= 15 is 0 Å². The third-order valence-corrected chi connectivity index (χ3v) is 0. The fourth-order valence-electron chi connectivity index (χ4n) is 0. The average molecular weight is 280 g/mol. The molecule has 0 aliphatic heterocycles. The van der Waals surface area contributed by atoms with Crippen LogP contribution in [0, 0.1) is 7.43 Å². The summed E-state index contributed by atoms with van der Waals surface area (Å²) in [6, 6.07) is 0. The molecule has 0 N–H and O–H groups in total. The minimum absolute atomic E-state index is 0. The number of hydrogen-bond acceptors (Lipinski definition) is 0. The molecule has 0 saturated heterocycles. The van der Waals surface area contributed by atoms with Crippen molar-refractivity contribution >= 4 is 0 Å². The number of rotatable bonds is 0. The van der Waals surface area contributed by atoms with Crippen LogP contribution < -0.4 is 6.15 Å². The molecule has 4 heavy (non-hydrogen) atoms. The number of nitrogens with zero attached hydrogens (tertiary/aromatic N) is 1. The second-order valence-corrected chi connectivity index (χ2v) is 0. The summed E-state index contributed by atoms with van der Waals surface area (Å²) < 4.78 is 0. The Kier molecular flexibility index (Phi) is 517. The smallest absolute Gasteiger partial charge is 0 e. The van der Waals surface area contributed by atoms with Gasteiger partial charge in [-0.2, -0.15) is 0 Å². The predicted molar refractivity (Wildman–Crippen MR) is 5.38 cm³/mol. The van der Waals surface area contributed by atoms with E-state index in [0.29, 0.717) is 0 Å². The topological polar surface area (TPSA) is 30.5 Å². The van der Waals surface area contributed by atoms with Crippen LogP contribution in [-0.4, -0.2) is 0 Å². The van der Waals surface area contributed by atoms with Crippen LogP contribution in [0.15, 0.2) is 0 Å². The molecule has 0 amide bonds. The van der Waals surface area contributed by atoms with Crippen LogP contribution in [0.3, 0.4) is 0 Å². The summed E-state index contributed by atoms with van der Waals surface area (Å²) in [5.41, 5.74) is 0. The maximum atomic E-state index is 0. The second kappa shape index (κ2) is 31.0. The van der Waals surface area contributed by atoms with Crippen LogP contribution in [0.1, 0.15) is 0 Å². The van der Waals surface area contributed by atoms with Crippen LogP contribution in [0.5, 0.6) is 0 Å². The van der Waals surface area contributed by atoms with E-state index in [2.05, 4.69) is 0 Å². The predicted octanol–water partition coefficient (Wildman–Crippen LogP) is -0.404. The molecule has 0 atom stereocenters. The molecule has 1 nitrogen and oxygen atoms in total. The Bertz CT molecular complexity index is 8.00. The Morgan fingerprint density at radius 2 is 1.00 bits per heavy atom. The zero-order valence-electron chi connectivity index (χ0n) is 1.60. The molecule has 0 aromatic carbocycles. The quantitative estimate of drug-likeness (QED) is 0.578. The van der Waals surface area contributed by atoms with Gasteiger partial charge in [-0.3, -0.25) is 0 Å². The normalized spacial score (nSPS) is 0. The maximum absolute atomic E-state index is 0. The van der Waals surface area contributed by atoms with Gasteiger partial charge in [0.15, 0.2) is 0 Å². The van der Waals surface area contributed by atoms with Crippen LogP contribution >= 0.6 is 0 Å². The number of hydrogen-bond donors (Lipinski definition) is 0.